The molecule has 29 heavy (non-hydrogen) atoms. The zero-order chi connectivity index (χ0) is 20.2. The van der Waals surface area contributed by atoms with Crippen LogP contribution in [0.3, 0.4) is 0 Å². The largest absolute Gasteiger partial charge is 0.494 e. The van der Waals surface area contributed by atoms with E-state index < -0.39 is 0 Å². The number of carbonyl (C=O) groups is 1. The van der Waals surface area contributed by atoms with Crippen molar-refractivity contribution in [1.29, 1.82) is 0 Å². The lowest BCUT2D eigenvalue weighted by atomic mass is 9.86. The molecule has 4 rings (SSSR count). The highest BCUT2D eigenvalue weighted by atomic mass is 16.5. The average molecular weight is 399 g/mol. The second-order valence-corrected chi connectivity index (χ2v) is 7.86. The number of unbranched alkanes of at least 4 members (excludes halogenated alkanes) is 1. The molecular weight excluding hydrogens is 368 g/mol. The maximum absolute atomic E-state index is 12.2. The number of nitrogens with one attached hydrogen (secondary N) is 1. The molecule has 0 spiro atoms. The Kier molecular flexibility index (Phi) is 6.16. The van der Waals surface area contributed by atoms with Crippen LogP contribution < -0.4 is 10.1 Å². The predicted molar refractivity (Wildman–Crippen MR) is 111 cm³/mol. The van der Waals surface area contributed by atoms with Gasteiger partial charge >= 0.3 is 0 Å². The van der Waals surface area contributed by atoms with Gasteiger partial charge in [-0.2, -0.15) is 5.10 Å². The number of nitrogens with zero attached hydrogens (tertiary/aromatic N) is 3. The highest BCUT2D eigenvalue weighted by molar-refractivity contribution is 5.94. The molecule has 7 heteroatoms. The summed E-state index contributed by atoms with van der Waals surface area (Å²) in [7, 11) is 1.87. The minimum absolute atomic E-state index is 0.0114. The molecule has 7 nitrogen and oxygen atoms in total. The molecule has 1 amide bonds. The summed E-state index contributed by atoms with van der Waals surface area (Å²) in [6.45, 7) is 7.57. The number of amides is 1. The standard InChI is InChI=1S/C22H30N4O3/c1-16-21-19(15-20(27)23-22(21)25(2)24-16)17-6-5-7-18(14-17)29-11-4-3-8-26-9-12-28-13-10-26/h5-7,14,19H,3-4,8-13,15H2,1-2H3,(H,23,27). The fourth-order valence-electron chi connectivity index (χ4n) is 4.27. The van der Waals surface area contributed by atoms with E-state index in [9.17, 15) is 4.79 Å². The van der Waals surface area contributed by atoms with Crippen molar-refractivity contribution in [3.05, 3.63) is 41.1 Å². The summed E-state index contributed by atoms with van der Waals surface area (Å²) in [5.41, 5.74) is 3.17. The molecule has 3 heterocycles. The molecule has 2 aromatic rings. The van der Waals surface area contributed by atoms with Crippen molar-refractivity contribution in [2.24, 2.45) is 7.05 Å². The number of hydrogen-bond donors (Lipinski definition) is 1. The van der Waals surface area contributed by atoms with Crippen molar-refractivity contribution < 1.29 is 14.3 Å². The van der Waals surface area contributed by atoms with Gasteiger partial charge in [-0.05, 0) is 44.0 Å². The van der Waals surface area contributed by atoms with Crippen LogP contribution in [0.4, 0.5) is 5.82 Å². The number of benzene rings is 1. The Morgan fingerprint density at radius 2 is 2.10 bits per heavy atom. The number of ether oxygens (including phenoxy) is 2. The third-order valence-electron chi connectivity index (χ3n) is 5.77. The van der Waals surface area contributed by atoms with Gasteiger partial charge in [0, 0.05) is 38.0 Å². The van der Waals surface area contributed by atoms with Gasteiger partial charge < -0.3 is 14.8 Å². The van der Waals surface area contributed by atoms with E-state index in [4.69, 9.17) is 9.47 Å². The lowest BCUT2D eigenvalue weighted by Crippen LogP contribution is -2.36. The van der Waals surface area contributed by atoms with Crippen LogP contribution in [0.25, 0.3) is 0 Å². The Labute approximate surface area is 172 Å². The molecule has 1 unspecified atom stereocenters. The summed E-state index contributed by atoms with van der Waals surface area (Å²) in [4.78, 5) is 14.7. The molecule has 0 bridgehead atoms. The molecule has 1 saturated heterocycles. The number of rotatable bonds is 7. The van der Waals surface area contributed by atoms with Gasteiger partial charge in [0.2, 0.25) is 5.91 Å². The maximum atomic E-state index is 12.2. The van der Waals surface area contributed by atoms with E-state index in [0.717, 1.165) is 74.1 Å². The molecule has 1 aromatic carbocycles. The molecule has 1 atom stereocenters. The third kappa shape index (κ3) is 4.62. The first-order valence-electron chi connectivity index (χ1n) is 10.5. The summed E-state index contributed by atoms with van der Waals surface area (Å²) < 4.78 is 13.2. The summed E-state index contributed by atoms with van der Waals surface area (Å²) in [5.74, 6) is 1.71. The normalized spacial score (nSPS) is 19.7. The molecular formula is C22H30N4O3. The number of morpholine rings is 1. The van der Waals surface area contributed by atoms with Crippen molar-refractivity contribution >= 4 is 11.7 Å². The van der Waals surface area contributed by atoms with E-state index in [1.165, 1.54) is 0 Å². The Morgan fingerprint density at radius 1 is 1.28 bits per heavy atom. The van der Waals surface area contributed by atoms with Gasteiger partial charge in [-0.25, -0.2) is 0 Å². The zero-order valence-corrected chi connectivity index (χ0v) is 17.3. The van der Waals surface area contributed by atoms with Crippen LogP contribution in [0.1, 0.15) is 42.0 Å². The van der Waals surface area contributed by atoms with Crippen LogP contribution in [0, 0.1) is 6.92 Å². The van der Waals surface area contributed by atoms with Crippen LogP contribution in [0.2, 0.25) is 0 Å². The number of aromatic nitrogens is 2. The monoisotopic (exact) mass is 398 g/mol. The van der Waals surface area contributed by atoms with Gasteiger partial charge in [0.05, 0.1) is 25.5 Å². The molecule has 2 aliphatic rings. The van der Waals surface area contributed by atoms with Crippen LogP contribution in [0.15, 0.2) is 24.3 Å². The van der Waals surface area contributed by atoms with Gasteiger partial charge in [-0.3, -0.25) is 14.4 Å². The summed E-state index contributed by atoms with van der Waals surface area (Å²) in [6, 6.07) is 8.15. The van der Waals surface area contributed by atoms with E-state index >= 15 is 0 Å². The molecule has 2 aliphatic heterocycles. The first kappa shape index (κ1) is 19.9. The van der Waals surface area contributed by atoms with E-state index in [1.54, 1.807) is 4.68 Å². The Hall–Kier alpha value is -2.38. The molecule has 1 N–H and O–H groups in total. The van der Waals surface area contributed by atoms with Crippen molar-refractivity contribution in [2.75, 3.05) is 44.8 Å². The van der Waals surface area contributed by atoms with Crippen LogP contribution in [-0.4, -0.2) is 60.0 Å². The first-order valence-corrected chi connectivity index (χ1v) is 10.5. The topological polar surface area (TPSA) is 68.6 Å². The average Bonchev–Trinajstić information content (AvgIpc) is 3.01. The smallest absolute Gasteiger partial charge is 0.226 e. The van der Waals surface area contributed by atoms with E-state index in [2.05, 4.69) is 27.4 Å². The quantitative estimate of drug-likeness (QED) is 0.727. The minimum Gasteiger partial charge on any atom is -0.494 e. The minimum atomic E-state index is 0.0114. The van der Waals surface area contributed by atoms with Crippen molar-refractivity contribution in [3.63, 3.8) is 0 Å². The van der Waals surface area contributed by atoms with Crippen molar-refractivity contribution in [2.45, 2.75) is 32.1 Å². The fraction of sp³-hybridized carbons (Fsp3) is 0.545. The SMILES string of the molecule is Cc1nn(C)c2c1C(c1cccc(OCCCCN3CCOCC3)c1)CC(=O)N2. The lowest BCUT2D eigenvalue weighted by Gasteiger charge is -2.26. The highest BCUT2D eigenvalue weighted by Crippen LogP contribution is 2.39. The Balaban J connectivity index is 1.36. The second-order valence-electron chi connectivity index (χ2n) is 7.86. The Morgan fingerprint density at radius 3 is 2.93 bits per heavy atom. The molecule has 0 aliphatic carbocycles. The van der Waals surface area contributed by atoms with Crippen molar-refractivity contribution in [1.82, 2.24) is 14.7 Å². The predicted octanol–water partition coefficient (Wildman–Crippen LogP) is 2.69. The highest BCUT2D eigenvalue weighted by Gasteiger charge is 2.31. The van der Waals surface area contributed by atoms with Gasteiger partial charge in [0.1, 0.15) is 11.6 Å². The van der Waals surface area contributed by atoms with Crippen LogP contribution in [0.5, 0.6) is 5.75 Å². The molecule has 0 saturated carbocycles. The molecule has 1 fully saturated rings. The fourth-order valence-corrected chi connectivity index (χ4v) is 4.27. The Bertz CT molecular complexity index is 858. The summed E-state index contributed by atoms with van der Waals surface area (Å²) in [5, 5.41) is 7.45. The van der Waals surface area contributed by atoms with Gasteiger partial charge in [-0.15, -0.1) is 0 Å². The van der Waals surface area contributed by atoms with Crippen molar-refractivity contribution in [3.8, 4) is 5.75 Å². The first-order chi connectivity index (χ1) is 14.1. The van der Waals surface area contributed by atoms with E-state index in [0.29, 0.717) is 13.0 Å². The number of hydrogen-bond acceptors (Lipinski definition) is 5. The molecule has 156 valence electrons. The maximum Gasteiger partial charge on any atom is 0.226 e. The second kappa shape index (κ2) is 8.97. The van der Waals surface area contributed by atoms with Gasteiger partial charge in [0.15, 0.2) is 0 Å². The number of aryl methyl sites for hydroxylation is 2. The molecule has 1 aromatic heterocycles. The molecule has 0 radical (unpaired) electrons. The number of anilines is 1. The van der Waals surface area contributed by atoms with Crippen LogP contribution in [-0.2, 0) is 16.6 Å². The summed E-state index contributed by atoms with van der Waals surface area (Å²) in [6.07, 6.45) is 2.59. The zero-order valence-electron chi connectivity index (χ0n) is 17.3. The van der Waals surface area contributed by atoms with E-state index in [1.807, 2.05) is 26.1 Å². The number of carbonyl (C=O) groups excluding carboxylic acids is 1. The van der Waals surface area contributed by atoms with E-state index in [-0.39, 0.29) is 11.8 Å². The number of fused-ring (bicyclic) bond motifs is 1. The lowest BCUT2D eigenvalue weighted by molar-refractivity contribution is -0.116. The third-order valence-corrected chi connectivity index (χ3v) is 5.77. The van der Waals surface area contributed by atoms with Crippen LogP contribution >= 0.6 is 0 Å². The van der Waals surface area contributed by atoms with Gasteiger partial charge in [0.25, 0.3) is 0 Å². The van der Waals surface area contributed by atoms with Gasteiger partial charge in [-0.1, -0.05) is 12.1 Å². The summed E-state index contributed by atoms with van der Waals surface area (Å²) >= 11 is 0.